The molecule has 0 spiro atoms. The minimum atomic E-state index is -0.361. The maximum atomic E-state index is 12.5. The fourth-order valence-electron chi connectivity index (χ4n) is 3.43. The van der Waals surface area contributed by atoms with Crippen LogP contribution in [0, 0.1) is 0 Å². The summed E-state index contributed by atoms with van der Waals surface area (Å²) in [5, 5.41) is 4.79. The maximum absolute atomic E-state index is 12.5. The predicted octanol–water partition coefficient (Wildman–Crippen LogP) is 5.52. The molecule has 0 unspecified atom stereocenters. The lowest BCUT2D eigenvalue weighted by Crippen LogP contribution is -1.97. The van der Waals surface area contributed by atoms with Crippen LogP contribution in [0.5, 0.6) is 0 Å². The van der Waals surface area contributed by atoms with E-state index in [9.17, 15) is 4.79 Å². The number of carbonyl (C=O) groups is 1. The zero-order chi connectivity index (χ0) is 20.3. The molecule has 4 nitrogen and oxygen atoms in total. The fourth-order valence-corrected chi connectivity index (χ4v) is 3.43. The Kier molecular flexibility index (Phi) is 4.58. The van der Waals surface area contributed by atoms with Gasteiger partial charge in [-0.2, -0.15) is 5.10 Å². The Morgan fingerprint density at radius 2 is 1.37 bits per heavy atom. The van der Waals surface area contributed by atoms with Gasteiger partial charge in [-0.15, -0.1) is 0 Å². The molecule has 30 heavy (non-hydrogen) atoms. The first-order valence-electron chi connectivity index (χ1n) is 9.69. The summed E-state index contributed by atoms with van der Waals surface area (Å²) in [7, 11) is 0. The van der Waals surface area contributed by atoms with Crippen LogP contribution < -0.4 is 0 Å². The van der Waals surface area contributed by atoms with Crippen molar-refractivity contribution in [2.45, 2.75) is 0 Å². The number of esters is 1. The lowest BCUT2D eigenvalue weighted by Gasteiger charge is -2.00. The molecule has 0 N–H and O–H groups in total. The second-order valence-corrected chi connectivity index (χ2v) is 6.94. The SMILES string of the molecule is O=C1OC(c2ccccc2)=C/C1=C\c1cn(-c2ccccc2)nc1-c1ccccc1. The van der Waals surface area contributed by atoms with Crippen molar-refractivity contribution in [3.63, 3.8) is 0 Å². The zero-order valence-electron chi connectivity index (χ0n) is 16.1. The Hall–Kier alpha value is -4.18. The van der Waals surface area contributed by atoms with E-state index < -0.39 is 0 Å². The van der Waals surface area contributed by atoms with E-state index in [-0.39, 0.29) is 5.97 Å². The topological polar surface area (TPSA) is 44.1 Å². The molecule has 0 bridgehead atoms. The molecule has 0 aliphatic carbocycles. The third-order valence-electron chi connectivity index (χ3n) is 4.90. The fraction of sp³-hybridized carbons (Fsp3) is 0. The number of aromatic nitrogens is 2. The number of hydrogen-bond acceptors (Lipinski definition) is 3. The van der Waals surface area contributed by atoms with Crippen LogP contribution in [0.15, 0.2) is 109 Å². The molecule has 0 radical (unpaired) electrons. The first-order valence-corrected chi connectivity index (χ1v) is 9.69. The van der Waals surface area contributed by atoms with E-state index >= 15 is 0 Å². The van der Waals surface area contributed by atoms with Crippen molar-refractivity contribution in [3.8, 4) is 16.9 Å². The van der Waals surface area contributed by atoms with Crippen molar-refractivity contribution >= 4 is 17.8 Å². The van der Waals surface area contributed by atoms with Gasteiger partial charge in [-0.25, -0.2) is 9.48 Å². The summed E-state index contributed by atoms with van der Waals surface area (Å²) in [6.07, 6.45) is 5.56. The molecule has 5 rings (SSSR count). The van der Waals surface area contributed by atoms with Gasteiger partial charge in [-0.05, 0) is 24.3 Å². The molecule has 0 amide bonds. The number of ether oxygens (including phenoxy) is 1. The number of carbonyl (C=O) groups excluding carboxylic acids is 1. The third kappa shape index (κ3) is 3.47. The van der Waals surface area contributed by atoms with Crippen LogP contribution in [-0.4, -0.2) is 15.7 Å². The van der Waals surface area contributed by atoms with Crippen molar-refractivity contribution in [1.82, 2.24) is 9.78 Å². The van der Waals surface area contributed by atoms with Crippen molar-refractivity contribution in [1.29, 1.82) is 0 Å². The summed E-state index contributed by atoms with van der Waals surface area (Å²) in [6, 6.07) is 29.5. The molecule has 0 saturated heterocycles. The molecule has 4 aromatic rings. The minimum absolute atomic E-state index is 0.361. The molecule has 144 valence electrons. The van der Waals surface area contributed by atoms with Crippen LogP contribution in [0.25, 0.3) is 28.8 Å². The Balaban J connectivity index is 1.60. The Morgan fingerprint density at radius 1 is 0.767 bits per heavy atom. The number of rotatable bonds is 4. The van der Waals surface area contributed by atoms with E-state index in [1.807, 2.05) is 108 Å². The Bertz CT molecular complexity index is 1250. The van der Waals surface area contributed by atoms with Gasteiger partial charge in [0.1, 0.15) is 5.76 Å². The quantitative estimate of drug-likeness (QED) is 0.340. The molecule has 2 heterocycles. The Labute approximate surface area is 174 Å². The highest BCUT2D eigenvalue weighted by Gasteiger charge is 2.23. The second-order valence-electron chi connectivity index (χ2n) is 6.94. The van der Waals surface area contributed by atoms with Crippen LogP contribution in [0.4, 0.5) is 0 Å². The first-order chi connectivity index (χ1) is 14.8. The second kappa shape index (κ2) is 7.68. The van der Waals surface area contributed by atoms with Gasteiger partial charge in [0.25, 0.3) is 0 Å². The summed E-state index contributed by atoms with van der Waals surface area (Å²) in [6.45, 7) is 0. The monoisotopic (exact) mass is 390 g/mol. The average Bonchev–Trinajstić information content (AvgIpc) is 3.40. The van der Waals surface area contributed by atoms with E-state index in [2.05, 4.69) is 0 Å². The summed E-state index contributed by atoms with van der Waals surface area (Å²) >= 11 is 0. The lowest BCUT2D eigenvalue weighted by molar-refractivity contribution is -0.130. The standard InChI is InChI=1S/C26H18N2O2/c29-26-21(17-24(30-26)19-10-4-1-5-11-19)16-22-18-28(23-14-8-3-9-15-23)27-25(22)20-12-6-2-7-13-20/h1-18H/b21-16+. The van der Waals surface area contributed by atoms with Crippen molar-refractivity contribution in [2.75, 3.05) is 0 Å². The number of para-hydroxylation sites is 1. The summed E-state index contributed by atoms with van der Waals surface area (Å²) in [5.74, 6) is 0.198. The molecule has 3 aromatic carbocycles. The van der Waals surface area contributed by atoms with Crippen LogP contribution in [0.1, 0.15) is 11.1 Å². The van der Waals surface area contributed by atoms with Crippen molar-refractivity contribution in [2.24, 2.45) is 0 Å². The number of benzene rings is 3. The van der Waals surface area contributed by atoms with Crippen LogP contribution in [0.3, 0.4) is 0 Å². The van der Waals surface area contributed by atoms with E-state index in [0.29, 0.717) is 11.3 Å². The molecule has 1 aliphatic rings. The van der Waals surface area contributed by atoms with Gasteiger partial charge in [0, 0.05) is 22.9 Å². The highest BCUT2D eigenvalue weighted by Crippen LogP contribution is 2.30. The predicted molar refractivity (Wildman–Crippen MR) is 117 cm³/mol. The van der Waals surface area contributed by atoms with Crippen LogP contribution in [-0.2, 0) is 9.53 Å². The average molecular weight is 390 g/mol. The largest absolute Gasteiger partial charge is 0.422 e. The van der Waals surface area contributed by atoms with Gasteiger partial charge in [0.15, 0.2) is 0 Å². The number of hydrogen-bond donors (Lipinski definition) is 0. The number of nitrogens with zero attached hydrogens (tertiary/aromatic N) is 2. The van der Waals surface area contributed by atoms with E-state index in [0.717, 1.165) is 28.1 Å². The molecule has 4 heteroatoms. The molecular weight excluding hydrogens is 372 g/mol. The zero-order valence-corrected chi connectivity index (χ0v) is 16.1. The summed E-state index contributed by atoms with van der Waals surface area (Å²) in [5.41, 5.74) is 4.96. The van der Waals surface area contributed by atoms with Gasteiger partial charge in [0.2, 0.25) is 0 Å². The van der Waals surface area contributed by atoms with Gasteiger partial charge in [-0.1, -0.05) is 78.9 Å². The molecule has 0 atom stereocenters. The van der Waals surface area contributed by atoms with Crippen molar-refractivity contribution in [3.05, 3.63) is 120 Å². The normalized spacial score (nSPS) is 14.6. The maximum Gasteiger partial charge on any atom is 0.343 e. The number of cyclic esters (lactones) is 1. The lowest BCUT2D eigenvalue weighted by atomic mass is 10.1. The molecule has 0 fully saturated rings. The Morgan fingerprint density at radius 3 is 2.03 bits per heavy atom. The van der Waals surface area contributed by atoms with Crippen LogP contribution >= 0.6 is 0 Å². The van der Waals surface area contributed by atoms with Crippen molar-refractivity contribution < 1.29 is 9.53 Å². The van der Waals surface area contributed by atoms with Gasteiger partial charge in [-0.3, -0.25) is 0 Å². The summed E-state index contributed by atoms with van der Waals surface area (Å²) < 4.78 is 7.33. The van der Waals surface area contributed by atoms with Gasteiger partial charge >= 0.3 is 5.97 Å². The smallest absolute Gasteiger partial charge is 0.343 e. The third-order valence-corrected chi connectivity index (χ3v) is 4.90. The molecule has 1 aliphatic heterocycles. The molecule has 1 aromatic heterocycles. The minimum Gasteiger partial charge on any atom is -0.422 e. The summed E-state index contributed by atoms with van der Waals surface area (Å²) in [4.78, 5) is 12.5. The van der Waals surface area contributed by atoms with E-state index in [1.165, 1.54) is 0 Å². The highest BCUT2D eigenvalue weighted by atomic mass is 16.5. The van der Waals surface area contributed by atoms with Gasteiger partial charge in [0.05, 0.1) is 17.0 Å². The van der Waals surface area contributed by atoms with Crippen LogP contribution in [0.2, 0.25) is 0 Å². The highest BCUT2D eigenvalue weighted by molar-refractivity contribution is 6.05. The van der Waals surface area contributed by atoms with E-state index in [4.69, 9.17) is 9.84 Å². The van der Waals surface area contributed by atoms with Gasteiger partial charge < -0.3 is 4.74 Å². The van der Waals surface area contributed by atoms with E-state index in [1.54, 1.807) is 6.08 Å². The molecule has 0 saturated carbocycles. The first kappa shape index (κ1) is 17.9. The molecular formula is C26H18N2O2.